The lowest BCUT2D eigenvalue weighted by atomic mass is 9.87. The Labute approximate surface area is 114 Å². The molecular weight excluding hydrogens is 273 g/mol. The number of likely N-dealkylation sites (N-methyl/N-ethyl adjacent to an activating group) is 1. The molecule has 0 aliphatic heterocycles. The first-order valence-electron chi connectivity index (χ1n) is 6.39. The van der Waals surface area contributed by atoms with Crippen LogP contribution in [0.25, 0.3) is 0 Å². The van der Waals surface area contributed by atoms with Gasteiger partial charge in [-0.3, -0.25) is 0 Å². The summed E-state index contributed by atoms with van der Waals surface area (Å²) in [5.41, 5.74) is -2.63. The van der Waals surface area contributed by atoms with Crippen molar-refractivity contribution in [3.8, 4) is 0 Å². The van der Waals surface area contributed by atoms with Gasteiger partial charge < -0.3 is 14.7 Å². The Hall–Kier alpha value is 0.880. The fourth-order valence-corrected chi connectivity index (χ4v) is 7.23. The second-order valence-electron chi connectivity index (χ2n) is 4.50. The Kier molecular flexibility index (Phi) is 7.62. The van der Waals surface area contributed by atoms with Gasteiger partial charge in [-0.25, -0.2) is 0 Å². The lowest BCUT2D eigenvalue weighted by Crippen LogP contribution is -2.21. The van der Waals surface area contributed by atoms with Crippen LogP contribution in [0.15, 0.2) is 0 Å². The van der Waals surface area contributed by atoms with E-state index in [0.717, 1.165) is 6.54 Å². The predicted molar refractivity (Wildman–Crippen MR) is 80.0 cm³/mol. The summed E-state index contributed by atoms with van der Waals surface area (Å²) in [5.74, 6) is 0.705. The molecule has 17 heavy (non-hydrogen) atoms. The average molecular weight is 297 g/mol. The van der Waals surface area contributed by atoms with E-state index in [1.54, 1.807) is 0 Å². The van der Waals surface area contributed by atoms with Gasteiger partial charge in [0.2, 0.25) is 5.69 Å². The monoisotopic (exact) mass is 297 g/mol. The first kappa shape index (κ1) is 15.9. The molecule has 1 fully saturated rings. The summed E-state index contributed by atoms with van der Waals surface area (Å²) in [6.45, 7) is 3.47. The minimum atomic E-state index is -2.63. The zero-order valence-corrected chi connectivity index (χ0v) is 13.3. The van der Waals surface area contributed by atoms with Gasteiger partial charge in [-0.1, -0.05) is 37.6 Å². The van der Waals surface area contributed by atoms with Crippen molar-refractivity contribution >= 4 is 28.9 Å². The molecule has 0 aromatic rings. The minimum absolute atomic E-state index is 0.499. The van der Waals surface area contributed by atoms with Crippen LogP contribution in [0.1, 0.15) is 39.0 Å². The van der Waals surface area contributed by atoms with Crippen LogP contribution < -0.4 is 5.32 Å². The average Bonchev–Trinajstić information content (AvgIpc) is 2.29. The number of nitrogens with one attached hydrogen (secondary N) is 1. The maximum Gasteiger partial charge on any atom is 0.245 e. The van der Waals surface area contributed by atoms with E-state index >= 15 is 0 Å². The van der Waals surface area contributed by atoms with Gasteiger partial charge in [0.1, 0.15) is 0 Å². The Balaban J connectivity index is 2.41. The lowest BCUT2D eigenvalue weighted by molar-refractivity contribution is 0.319. The van der Waals surface area contributed by atoms with Gasteiger partial charge in [-0.15, -0.1) is 0 Å². The van der Waals surface area contributed by atoms with E-state index in [1.807, 2.05) is 7.05 Å². The van der Waals surface area contributed by atoms with Crippen LogP contribution in [0.2, 0.25) is 0 Å². The molecule has 6 heteroatoms. The third kappa shape index (κ3) is 6.04. The van der Waals surface area contributed by atoms with Crippen LogP contribution in [0, 0.1) is 5.92 Å². The predicted octanol–water partition coefficient (Wildman–Crippen LogP) is 3.14. The van der Waals surface area contributed by atoms with Crippen molar-refractivity contribution in [1.82, 2.24) is 5.32 Å². The summed E-state index contributed by atoms with van der Waals surface area (Å²) in [5, 5.41) is 3.49. The summed E-state index contributed by atoms with van der Waals surface area (Å²) < 4.78 is 5.45. The molecule has 102 valence electrons. The molecule has 0 aromatic carbocycles. The third-order valence-electron chi connectivity index (χ3n) is 3.24. The van der Waals surface area contributed by atoms with Gasteiger partial charge in [0, 0.05) is 11.8 Å². The van der Waals surface area contributed by atoms with E-state index < -0.39 is 5.69 Å². The molecule has 2 N–H and O–H groups in total. The molecule has 3 nitrogen and oxygen atoms in total. The van der Waals surface area contributed by atoms with Gasteiger partial charge in [-0.2, -0.15) is 0 Å². The zero-order valence-electron chi connectivity index (χ0n) is 10.7. The first-order valence-corrected chi connectivity index (χ1v) is 10.5. The van der Waals surface area contributed by atoms with Crippen molar-refractivity contribution in [2.75, 3.05) is 20.2 Å². The molecule has 0 spiro atoms. The molecule has 0 saturated heterocycles. The summed E-state index contributed by atoms with van der Waals surface area (Å²) in [7, 11) is 1.87. The largest absolute Gasteiger partial charge is 0.337 e. The SMILES string of the molecule is CCC1CCCCC1SP(O)(=S)OCCNC. The highest BCUT2D eigenvalue weighted by Crippen LogP contribution is 2.61. The smallest absolute Gasteiger partial charge is 0.245 e. The quantitative estimate of drug-likeness (QED) is 0.558. The zero-order chi connectivity index (χ0) is 12.7. The molecule has 0 radical (unpaired) electrons. The molecule has 3 unspecified atom stereocenters. The molecular formula is C11H24NO2PS2. The molecule has 0 amide bonds. The normalized spacial score (nSPS) is 28.9. The maximum absolute atomic E-state index is 10.1. The van der Waals surface area contributed by atoms with Crippen molar-refractivity contribution in [3.63, 3.8) is 0 Å². The van der Waals surface area contributed by atoms with Crippen molar-refractivity contribution in [3.05, 3.63) is 0 Å². The van der Waals surface area contributed by atoms with Crippen LogP contribution in [-0.4, -0.2) is 30.3 Å². The Morgan fingerprint density at radius 3 is 2.82 bits per heavy atom. The van der Waals surface area contributed by atoms with E-state index in [2.05, 4.69) is 12.2 Å². The Bertz CT molecular complexity index is 266. The van der Waals surface area contributed by atoms with E-state index in [1.165, 1.54) is 43.5 Å². The van der Waals surface area contributed by atoms with E-state index in [0.29, 0.717) is 17.8 Å². The molecule has 0 heterocycles. The molecule has 1 aliphatic carbocycles. The number of hydrogen-bond acceptors (Lipinski definition) is 4. The van der Waals surface area contributed by atoms with Gasteiger partial charge >= 0.3 is 0 Å². The standard InChI is InChI=1S/C11H24NO2PS2/c1-3-10-6-4-5-7-11(10)17-15(13,16)14-9-8-12-2/h10-12H,3-9H2,1-2H3,(H,13,16). The van der Waals surface area contributed by atoms with Crippen LogP contribution >= 0.6 is 17.1 Å². The fourth-order valence-electron chi connectivity index (χ4n) is 2.24. The van der Waals surface area contributed by atoms with Gasteiger partial charge in [0.15, 0.2) is 0 Å². The highest BCUT2D eigenvalue weighted by Gasteiger charge is 2.29. The number of rotatable bonds is 7. The summed E-state index contributed by atoms with van der Waals surface area (Å²) in [4.78, 5) is 10.1. The summed E-state index contributed by atoms with van der Waals surface area (Å²) >= 11 is 6.76. The maximum atomic E-state index is 10.1. The second kappa shape index (κ2) is 8.13. The van der Waals surface area contributed by atoms with E-state index in [9.17, 15) is 4.89 Å². The molecule has 1 saturated carbocycles. The molecule has 0 aromatic heterocycles. The van der Waals surface area contributed by atoms with Gasteiger partial charge in [-0.05, 0) is 37.6 Å². The van der Waals surface area contributed by atoms with Crippen LogP contribution in [-0.2, 0) is 16.3 Å². The third-order valence-corrected chi connectivity index (χ3v) is 7.92. The topological polar surface area (TPSA) is 41.5 Å². The molecule has 1 rings (SSSR count). The van der Waals surface area contributed by atoms with E-state index in [-0.39, 0.29) is 0 Å². The molecule has 1 aliphatic rings. The van der Waals surface area contributed by atoms with Crippen LogP contribution in [0.4, 0.5) is 0 Å². The first-order chi connectivity index (χ1) is 8.09. The van der Waals surface area contributed by atoms with Crippen molar-refractivity contribution in [1.29, 1.82) is 0 Å². The van der Waals surface area contributed by atoms with Crippen molar-refractivity contribution in [2.45, 2.75) is 44.3 Å². The van der Waals surface area contributed by atoms with Crippen LogP contribution in [0.3, 0.4) is 0 Å². The molecule has 3 atom stereocenters. The minimum Gasteiger partial charge on any atom is -0.337 e. The van der Waals surface area contributed by atoms with Crippen LogP contribution in [0.5, 0.6) is 0 Å². The highest BCUT2D eigenvalue weighted by atomic mass is 32.9. The fraction of sp³-hybridized carbons (Fsp3) is 1.00. The second-order valence-corrected chi connectivity index (χ2v) is 10.8. The summed E-state index contributed by atoms with van der Waals surface area (Å²) in [6, 6.07) is 0. The molecule has 0 bridgehead atoms. The number of hydrogen-bond donors (Lipinski definition) is 2. The van der Waals surface area contributed by atoms with E-state index in [4.69, 9.17) is 16.3 Å². The van der Waals surface area contributed by atoms with Gasteiger partial charge in [0.05, 0.1) is 6.61 Å². The lowest BCUT2D eigenvalue weighted by Gasteiger charge is -2.32. The summed E-state index contributed by atoms with van der Waals surface area (Å²) in [6.07, 6.45) is 6.23. The Morgan fingerprint density at radius 1 is 1.47 bits per heavy atom. The van der Waals surface area contributed by atoms with Crippen molar-refractivity contribution in [2.24, 2.45) is 5.92 Å². The Morgan fingerprint density at radius 2 is 2.18 bits per heavy atom. The van der Waals surface area contributed by atoms with Gasteiger partial charge in [0.25, 0.3) is 0 Å². The highest BCUT2D eigenvalue weighted by molar-refractivity contribution is 8.67. The van der Waals surface area contributed by atoms with Crippen molar-refractivity contribution < 1.29 is 9.42 Å².